The van der Waals surface area contributed by atoms with Gasteiger partial charge in [-0.2, -0.15) is 0 Å². The summed E-state index contributed by atoms with van der Waals surface area (Å²) in [5.41, 5.74) is 2.13. The van der Waals surface area contributed by atoms with Crippen LogP contribution in [0.1, 0.15) is 71.3 Å². The Bertz CT molecular complexity index is 1490. The molecule has 3 aromatic rings. The van der Waals surface area contributed by atoms with Crippen molar-refractivity contribution in [1.29, 1.82) is 0 Å². The maximum atomic E-state index is 13.0. The summed E-state index contributed by atoms with van der Waals surface area (Å²) in [4.78, 5) is 38.4. The lowest BCUT2D eigenvalue weighted by Gasteiger charge is -2.51. The minimum Gasteiger partial charge on any atom is -0.465 e. The lowest BCUT2D eigenvalue weighted by molar-refractivity contribution is -0.132. The van der Waals surface area contributed by atoms with Crippen LogP contribution in [0.4, 0.5) is 10.6 Å². The summed E-state index contributed by atoms with van der Waals surface area (Å²) < 4.78 is 0. The van der Waals surface area contributed by atoms with Gasteiger partial charge in [-0.3, -0.25) is 9.59 Å². The van der Waals surface area contributed by atoms with Gasteiger partial charge in [0.2, 0.25) is 11.8 Å². The van der Waals surface area contributed by atoms with E-state index in [1.165, 1.54) is 0 Å². The number of aromatic nitrogens is 2. The second kappa shape index (κ2) is 12.7. The zero-order chi connectivity index (χ0) is 31.5. The van der Waals surface area contributed by atoms with Crippen molar-refractivity contribution in [2.24, 2.45) is 5.92 Å². The molecule has 0 radical (unpaired) electrons. The summed E-state index contributed by atoms with van der Waals surface area (Å²) in [5, 5.41) is 34.2. The minimum absolute atomic E-state index is 0.104. The van der Waals surface area contributed by atoms with Crippen molar-refractivity contribution in [3.8, 4) is 22.4 Å². The molecule has 0 atom stereocenters. The fourth-order valence-corrected chi connectivity index (χ4v) is 7.12. The second-order valence-electron chi connectivity index (χ2n) is 12.5. The largest absolute Gasteiger partial charge is 0.465 e. The van der Waals surface area contributed by atoms with Gasteiger partial charge >= 0.3 is 6.09 Å². The average Bonchev–Trinajstić information content (AvgIpc) is 2.97. The molecule has 44 heavy (non-hydrogen) atoms. The van der Waals surface area contributed by atoms with Crippen molar-refractivity contribution in [1.82, 2.24) is 20.4 Å². The van der Waals surface area contributed by atoms with Gasteiger partial charge in [0, 0.05) is 49.9 Å². The van der Waals surface area contributed by atoms with Gasteiger partial charge in [-0.1, -0.05) is 54.6 Å². The van der Waals surface area contributed by atoms with E-state index in [1.807, 2.05) is 72.5 Å². The van der Waals surface area contributed by atoms with Crippen molar-refractivity contribution in [3.63, 3.8) is 0 Å². The normalized spacial score (nSPS) is 24.5. The fourth-order valence-electron chi connectivity index (χ4n) is 7.12. The van der Waals surface area contributed by atoms with Crippen LogP contribution in [-0.2, 0) is 15.1 Å². The maximum Gasteiger partial charge on any atom is 0.405 e. The molecule has 2 fully saturated rings. The van der Waals surface area contributed by atoms with E-state index in [0.717, 1.165) is 47.9 Å². The lowest BCUT2D eigenvalue weighted by Crippen LogP contribution is -2.61. The van der Waals surface area contributed by atoms with E-state index in [1.54, 1.807) is 13.8 Å². The van der Waals surface area contributed by atoms with Crippen LogP contribution in [0.2, 0.25) is 0 Å². The van der Waals surface area contributed by atoms with E-state index in [9.17, 15) is 24.6 Å². The SMILES string of the molecule is CCN(C(C)=O)[C@H]1CC[C@H](CC(=O)Nc2cc(-c3ccccc3)c(-c3ccc([C@]4(NC(=O)O)C[C@](C)(O)C4)cc3)nn2)CC1. The van der Waals surface area contributed by atoms with Crippen LogP contribution in [0.15, 0.2) is 60.7 Å². The van der Waals surface area contributed by atoms with E-state index in [4.69, 9.17) is 0 Å². The van der Waals surface area contributed by atoms with Crippen molar-refractivity contribution >= 4 is 23.7 Å². The number of nitrogens with zero attached hydrogens (tertiary/aromatic N) is 3. The number of aliphatic hydroxyl groups is 1. The molecule has 0 spiro atoms. The Balaban J connectivity index is 1.32. The fraction of sp³-hybridized carbons (Fsp3) is 0.441. The first-order chi connectivity index (χ1) is 21.0. The monoisotopic (exact) mass is 599 g/mol. The quantitative estimate of drug-likeness (QED) is 0.251. The van der Waals surface area contributed by atoms with Gasteiger partial charge in [-0.05, 0) is 62.6 Å². The summed E-state index contributed by atoms with van der Waals surface area (Å²) in [6.07, 6.45) is 3.44. The summed E-state index contributed by atoms with van der Waals surface area (Å²) >= 11 is 0. The average molecular weight is 600 g/mol. The van der Waals surface area contributed by atoms with Crippen molar-refractivity contribution in [3.05, 3.63) is 66.2 Å². The van der Waals surface area contributed by atoms with Crippen LogP contribution in [0.25, 0.3) is 22.4 Å². The van der Waals surface area contributed by atoms with Crippen LogP contribution in [0.3, 0.4) is 0 Å². The van der Waals surface area contributed by atoms with Gasteiger partial charge < -0.3 is 25.7 Å². The Kier molecular flexibility index (Phi) is 9.01. The summed E-state index contributed by atoms with van der Waals surface area (Å²) in [6, 6.07) is 19.3. The molecular formula is C34H41N5O5. The highest BCUT2D eigenvalue weighted by Gasteiger charge is 2.53. The van der Waals surface area contributed by atoms with E-state index in [-0.39, 0.29) is 36.6 Å². The topological polar surface area (TPSA) is 145 Å². The molecule has 5 rings (SSSR count). The number of anilines is 1. The predicted molar refractivity (Wildman–Crippen MR) is 168 cm³/mol. The Labute approximate surface area is 257 Å². The second-order valence-corrected chi connectivity index (χ2v) is 12.5. The van der Waals surface area contributed by atoms with Gasteiger partial charge in [-0.15, -0.1) is 10.2 Å². The number of rotatable bonds is 9. The Hall–Kier alpha value is -4.31. The predicted octanol–water partition coefficient (Wildman–Crippen LogP) is 5.57. The molecule has 0 unspecified atom stereocenters. The first-order valence-electron chi connectivity index (χ1n) is 15.3. The van der Waals surface area contributed by atoms with E-state index in [0.29, 0.717) is 24.5 Å². The van der Waals surface area contributed by atoms with E-state index >= 15 is 0 Å². The molecule has 2 saturated carbocycles. The third-order valence-electron chi connectivity index (χ3n) is 9.04. The Morgan fingerprint density at radius 1 is 0.955 bits per heavy atom. The van der Waals surface area contributed by atoms with Crippen LogP contribution in [-0.4, -0.2) is 61.4 Å². The van der Waals surface area contributed by atoms with Crippen molar-refractivity contribution in [2.75, 3.05) is 11.9 Å². The molecule has 10 nitrogen and oxygen atoms in total. The molecule has 10 heteroatoms. The number of hydrogen-bond acceptors (Lipinski definition) is 6. The molecule has 1 aromatic heterocycles. The number of nitrogens with one attached hydrogen (secondary N) is 2. The van der Waals surface area contributed by atoms with Crippen molar-refractivity contribution in [2.45, 2.75) is 82.9 Å². The molecule has 2 aliphatic rings. The standard InChI is InChI=1S/C34H41N5O5/c1-4-39(22(2)40)27-16-10-23(11-17-27)18-30(41)35-29-19-28(24-8-6-5-7-9-24)31(38-37-29)25-12-14-26(15-13-25)34(36-32(42)43)20-33(3,44)21-34/h5-9,12-15,19,23,27,36,44H,4,10-11,16-18,20-21H2,1-3H3,(H,42,43)(H,35,37,41)/t23-,27-,33-,34-. The van der Waals surface area contributed by atoms with Gasteiger partial charge in [0.15, 0.2) is 5.82 Å². The highest BCUT2D eigenvalue weighted by Crippen LogP contribution is 2.48. The first kappa shape index (κ1) is 31.1. The first-order valence-corrected chi connectivity index (χ1v) is 15.3. The number of amides is 3. The zero-order valence-corrected chi connectivity index (χ0v) is 25.5. The summed E-state index contributed by atoms with van der Waals surface area (Å²) in [7, 11) is 0. The highest BCUT2D eigenvalue weighted by atomic mass is 16.4. The van der Waals surface area contributed by atoms with Crippen LogP contribution < -0.4 is 10.6 Å². The van der Waals surface area contributed by atoms with Crippen LogP contribution in [0, 0.1) is 5.92 Å². The molecule has 232 valence electrons. The number of carbonyl (C=O) groups is 3. The number of benzene rings is 2. The zero-order valence-electron chi connectivity index (χ0n) is 25.5. The third kappa shape index (κ3) is 6.91. The molecule has 2 aromatic carbocycles. The Morgan fingerprint density at radius 3 is 2.18 bits per heavy atom. The Morgan fingerprint density at radius 2 is 1.61 bits per heavy atom. The van der Waals surface area contributed by atoms with Crippen LogP contribution >= 0.6 is 0 Å². The van der Waals surface area contributed by atoms with Gasteiger partial charge in [0.25, 0.3) is 0 Å². The highest BCUT2D eigenvalue weighted by molar-refractivity contribution is 5.91. The smallest absolute Gasteiger partial charge is 0.405 e. The van der Waals surface area contributed by atoms with E-state index < -0.39 is 17.2 Å². The van der Waals surface area contributed by atoms with Crippen LogP contribution in [0.5, 0.6) is 0 Å². The van der Waals surface area contributed by atoms with E-state index in [2.05, 4.69) is 20.8 Å². The maximum absolute atomic E-state index is 13.0. The third-order valence-corrected chi connectivity index (χ3v) is 9.04. The van der Waals surface area contributed by atoms with Gasteiger partial charge in [0.1, 0.15) is 5.69 Å². The number of carbonyl (C=O) groups excluding carboxylic acids is 2. The molecule has 3 amide bonds. The molecule has 2 aliphatic carbocycles. The molecule has 0 bridgehead atoms. The molecule has 4 N–H and O–H groups in total. The minimum atomic E-state index is -1.14. The summed E-state index contributed by atoms with van der Waals surface area (Å²) in [6.45, 7) is 6.03. The molecule has 1 heterocycles. The van der Waals surface area contributed by atoms with Gasteiger partial charge in [-0.25, -0.2) is 4.79 Å². The lowest BCUT2D eigenvalue weighted by atomic mass is 9.62. The summed E-state index contributed by atoms with van der Waals surface area (Å²) in [5.74, 6) is 0.630. The molecular weight excluding hydrogens is 558 g/mol. The molecule has 0 aliphatic heterocycles. The number of hydrogen-bond donors (Lipinski definition) is 4. The van der Waals surface area contributed by atoms with Crippen molar-refractivity contribution < 1.29 is 24.6 Å². The number of carboxylic acid groups (broad SMARTS) is 1. The van der Waals surface area contributed by atoms with Gasteiger partial charge in [0.05, 0.1) is 11.1 Å². The molecule has 0 saturated heterocycles.